The predicted octanol–water partition coefficient (Wildman–Crippen LogP) is 3.45. The smallest absolute Gasteiger partial charge is 0.113 e. The van der Waals surface area contributed by atoms with Gasteiger partial charge in [0.05, 0.1) is 11.2 Å². The Hall–Kier alpha value is -2.42. The average molecular weight is 235 g/mol. The molecule has 3 nitrogen and oxygen atoms in total. The summed E-state index contributed by atoms with van der Waals surface area (Å²) in [6.45, 7) is 5.93. The molecule has 0 aliphatic rings. The zero-order valence-electron chi connectivity index (χ0n) is 10.2. The molecule has 88 valence electrons. The minimum absolute atomic E-state index is 0.904. The minimum atomic E-state index is 0.904. The third-order valence-electron chi connectivity index (χ3n) is 2.96. The van der Waals surface area contributed by atoms with Gasteiger partial charge in [0.1, 0.15) is 5.52 Å². The third kappa shape index (κ3) is 1.70. The lowest BCUT2D eigenvalue weighted by Gasteiger charge is -2.04. The lowest BCUT2D eigenvalue weighted by molar-refractivity contribution is 0.824. The van der Waals surface area contributed by atoms with Gasteiger partial charge in [0.25, 0.3) is 0 Å². The first-order chi connectivity index (χ1) is 8.75. The largest absolute Gasteiger partial charge is 0.213 e. The second kappa shape index (κ2) is 4.11. The quantitative estimate of drug-likeness (QED) is 0.681. The van der Waals surface area contributed by atoms with E-state index in [9.17, 15) is 0 Å². The third-order valence-corrected chi connectivity index (χ3v) is 2.96. The summed E-state index contributed by atoms with van der Waals surface area (Å²) in [5, 5.41) is 8.33. The Morgan fingerprint density at radius 2 is 1.78 bits per heavy atom. The fourth-order valence-electron chi connectivity index (χ4n) is 1.95. The second-order valence-corrected chi connectivity index (χ2v) is 4.32. The highest BCUT2D eigenvalue weighted by atomic mass is 15.4. The van der Waals surface area contributed by atoms with Crippen molar-refractivity contribution in [1.82, 2.24) is 15.0 Å². The maximum absolute atomic E-state index is 4.18. The second-order valence-electron chi connectivity index (χ2n) is 4.32. The van der Waals surface area contributed by atoms with Gasteiger partial charge in [-0.25, -0.2) is 4.68 Å². The van der Waals surface area contributed by atoms with Crippen LogP contribution < -0.4 is 0 Å². The normalized spacial score (nSPS) is 10.7. The van der Waals surface area contributed by atoms with Crippen molar-refractivity contribution in [3.05, 3.63) is 60.7 Å². The summed E-state index contributed by atoms with van der Waals surface area (Å²) in [5.41, 5.74) is 5.13. The summed E-state index contributed by atoms with van der Waals surface area (Å²) in [6, 6.07) is 16.1. The maximum Gasteiger partial charge on any atom is 0.113 e. The van der Waals surface area contributed by atoms with Crippen molar-refractivity contribution in [3.63, 3.8) is 0 Å². The molecule has 0 aliphatic heterocycles. The van der Waals surface area contributed by atoms with Crippen LogP contribution in [0.25, 0.3) is 22.3 Å². The van der Waals surface area contributed by atoms with Crippen molar-refractivity contribution in [2.24, 2.45) is 0 Å². The minimum Gasteiger partial charge on any atom is -0.213 e. The lowest BCUT2D eigenvalue weighted by Crippen LogP contribution is -1.96. The molecule has 0 N–H and O–H groups in total. The number of fused-ring (bicyclic) bond motifs is 1. The summed E-state index contributed by atoms with van der Waals surface area (Å²) in [5.74, 6) is 0. The highest BCUT2D eigenvalue weighted by Gasteiger charge is 2.05. The Labute approximate surface area is 105 Å². The first kappa shape index (κ1) is 10.7. The van der Waals surface area contributed by atoms with E-state index in [1.165, 1.54) is 0 Å². The molecule has 0 bridgehead atoms. The average Bonchev–Trinajstić information content (AvgIpc) is 2.82. The van der Waals surface area contributed by atoms with Crippen molar-refractivity contribution in [3.8, 4) is 5.69 Å². The van der Waals surface area contributed by atoms with Gasteiger partial charge in [-0.3, -0.25) is 0 Å². The van der Waals surface area contributed by atoms with Crippen molar-refractivity contribution < 1.29 is 0 Å². The van der Waals surface area contributed by atoms with Crippen LogP contribution in [-0.4, -0.2) is 15.0 Å². The van der Waals surface area contributed by atoms with Crippen LogP contribution in [0.4, 0.5) is 0 Å². The van der Waals surface area contributed by atoms with Gasteiger partial charge in [0.2, 0.25) is 0 Å². The number of allylic oxidation sites excluding steroid dienone is 1. The molecule has 1 aromatic heterocycles. The van der Waals surface area contributed by atoms with Gasteiger partial charge in [-0.15, -0.1) is 5.10 Å². The lowest BCUT2D eigenvalue weighted by atomic mass is 10.1. The van der Waals surface area contributed by atoms with E-state index in [4.69, 9.17) is 0 Å². The molecule has 3 rings (SSSR count). The molecule has 0 aliphatic carbocycles. The van der Waals surface area contributed by atoms with Gasteiger partial charge in [0, 0.05) is 0 Å². The highest BCUT2D eigenvalue weighted by Crippen LogP contribution is 2.18. The zero-order valence-corrected chi connectivity index (χ0v) is 10.2. The van der Waals surface area contributed by atoms with Crippen molar-refractivity contribution in [2.75, 3.05) is 0 Å². The van der Waals surface area contributed by atoms with Crippen molar-refractivity contribution >= 4 is 16.6 Å². The first-order valence-corrected chi connectivity index (χ1v) is 5.82. The molecule has 0 atom stereocenters. The molecular formula is C15H13N3. The fourth-order valence-corrected chi connectivity index (χ4v) is 1.95. The summed E-state index contributed by atoms with van der Waals surface area (Å²) >= 11 is 0. The number of hydrogen-bond acceptors (Lipinski definition) is 2. The Balaban J connectivity index is 2.12. The first-order valence-electron chi connectivity index (χ1n) is 5.82. The van der Waals surface area contributed by atoms with Crippen LogP contribution in [0.3, 0.4) is 0 Å². The monoisotopic (exact) mass is 235 g/mol. The number of hydrogen-bond donors (Lipinski definition) is 0. The van der Waals surface area contributed by atoms with Crippen LogP contribution in [0, 0.1) is 0 Å². The van der Waals surface area contributed by atoms with Gasteiger partial charge in [-0.1, -0.05) is 41.6 Å². The summed E-state index contributed by atoms with van der Waals surface area (Å²) < 4.78 is 1.84. The molecule has 0 radical (unpaired) electrons. The zero-order chi connectivity index (χ0) is 12.5. The van der Waals surface area contributed by atoms with Gasteiger partial charge in [-0.05, 0) is 36.8 Å². The number of para-hydroxylation sites is 1. The molecule has 0 amide bonds. The molecule has 2 aromatic carbocycles. The van der Waals surface area contributed by atoms with E-state index < -0.39 is 0 Å². The van der Waals surface area contributed by atoms with Crippen LogP contribution >= 0.6 is 0 Å². The number of rotatable bonds is 2. The van der Waals surface area contributed by atoms with Crippen LogP contribution in [0.2, 0.25) is 0 Å². The molecule has 1 heterocycles. The van der Waals surface area contributed by atoms with E-state index in [1.807, 2.05) is 60.1 Å². The van der Waals surface area contributed by atoms with Crippen LogP contribution in [0.5, 0.6) is 0 Å². The van der Waals surface area contributed by atoms with Crippen LogP contribution in [0.15, 0.2) is 55.1 Å². The molecule has 0 unspecified atom stereocenters. The molecule has 3 heteroatoms. The van der Waals surface area contributed by atoms with Crippen LogP contribution in [-0.2, 0) is 0 Å². The van der Waals surface area contributed by atoms with E-state index in [1.54, 1.807) is 0 Å². The van der Waals surface area contributed by atoms with Crippen molar-refractivity contribution in [2.45, 2.75) is 6.92 Å². The van der Waals surface area contributed by atoms with Gasteiger partial charge in [0.15, 0.2) is 0 Å². The molecule has 0 saturated carbocycles. The van der Waals surface area contributed by atoms with Crippen molar-refractivity contribution in [1.29, 1.82) is 0 Å². The van der Waals surface area contributed by atoms with E-state index >= 15 is 0 Å². The maximum atomic E-state index is 4.18. The Bertz CT molecular complexity index is 708. The van der Waals surface area contributed by atoms with E-state index in [2.05, 4.69) is 16.9 Å². The molecule has 18 heavy (non-hydrogen) atoms. The number of aromatic nitrogens is 3. The van der Waals surface area contributed by atoms with Gasteiger partial charge >= 0.3 is 0 Å². The Kier molecular flexibility index (Phi) is 2.45. The van der Waals surface area contributed by atoms with Gasteiger partial charge in [-0.2, -0.15) is 0 Å². The molecular weight excluding hydrogens is 222 g/mol. The van der Waals surface area contributed by atoms with E-state index in [0.29, 0.717) is 0 Å². The molecule has 0 saturated heterocycles. The summed E-state index contributed by atoms with van der Waals surface area (Å²) in [6.07, 6.45) is 0. The fraction of sp³-hybridized carbons (Fsp3) is 0.0667. The van der Waals surface area contributed by atoms with E-state index in [0.717, 1.165) is 27.9 Å². The highest BCUT2D eigenvalue weighted by molar-refractivity contribution is 5.76. The SMILES string of the molecule is C=C(C)c1ccc(-n2nnc3ccccc32)cc1. The summed E-state index contributed by atoms with van der Waals surface area (Å²) in [4.78, 5) is 0. The molecule has 3 aromatic rings. The predicted molar refractivity (Wildman–Crippen MR) is 73.6 cm³/mol. The summed E-state index contributed by atoms with van der Waals surface area (Å²) in [7, 11) is 0. The number of benzene rings is 2. The Morgan fingerprint density at radius 3 is 2.50 bits per heavy atom. The molecule has 0 fully saturated rings. The number of nitrogens with zero attached hydrogens (tertiary/aromatic N) is 3. The standard InChI is InChI=1S/C15H13N3/c1-11(2)12-7-9-13(10-8-12)18-15-6-4-3-5-14(15)16-17-18/h3-10H,1H2,2H3. The van der Waals surface area contributed by atoms with E-state index in [-0.39, 0.29) is 0 Å². The van der Waals surface area contributed by atoms with Crippen LogP contribution in [0.1, 0.15) is 12.5 Å². The molecule has 0 spiro atoms. The Morgan fingerprint density at radius 1 is 1.06 bits per heavy atom. The topological polar surface area (TPSA) is 30.7 Å². The van der Waals surface area contributed by atoms with Gasteiger partial charge < -0.3 is 0 Å².